The first kappa shape index (κ1) is 14.5. The van der Waals surface area contributed by atoms with Crippen LogP contribution in [0, 0.1) is 6.92 Å². The van der Waals surface area contributed by atoms with E-state index in [9.17, 15) is 18.0 Å². The first-order valence-electron chi connectivity index (χ1n) is 5.34. The van der Waals surface area contributed by atoms with E-state index < -0.39 is 24.8 Å². The molecule has 1 N–H and O–H groups in total. The minimum absolute atomic E-state index is 0.521. The summed E-state index contributed by atoms with van der Waals surface area (Å²) in [7, 11) is 0. The van der Waals surface area contributed by atoms with E-state index in [2.05, 4.69) is 10.1 Å². The van der Waals surface area contributed by atoms with Gasteiger partial charge in [-0.3, -0.25) is 4.79 Å². The van der Waals surface area contributed by atoms with E-state index in [1.54, 1.807) is 24.3 Å². The largest absolute Gasteiger partial charge is 0.411 e. The molecule has 0 bridgehead atoms. The van der Waals surface area contributed by atoms with Crippen molar-refractivity contribution in [1.82, 2.24) is 0 Å². The Kier molecular flexibility index (Phi) is 4.72. The minimum Gasteiger partial charge on any atom is -0.359 e. The predicted octanol–water partition coefficient (Wildman–Crippen LogP) is 2.90. The van der Waals surface area contributed by atoms with Crippen LogP contribution in [0.15, 0.2) is 24.3 Å². The number of nitrogens with one attached hydrogen (secondary N) is 1. The normalized spacial score (nSPS) is 13.2. The number of anilines is 1. The van der Waals surface area contributed by atoms with Gasteiger partial charge in [-0.15, -0.1) is 0 Å². The maximum Gasteiger partial charge on any atom is 0.411 e. The van der Waals surface area contributed by atoms with Crippen LogP contribution in [-0.4, -0.2) is 24.8 Å². The highest BCUT2D eigenvalue weighted by atomic mass is 19.4. The molecule has 1 aromatic carbocycles. The van der Waals surface area contributed by atoms with Crippen molar-refractivity contribution in [2.24, 2.45) is 0 Å². The van der Waals surface area contributed by atoms with E-state index in [0.717, 1.165) is 5.56 Å². The third-order valence-electron chi connectivity index (χ3n) is 2.19. The van der Waals surface area contributed by atoms with Gasteiger partial charge in [-0.05, 0) is 26.0 Å². The number of carbonyl (C=O) groups excluding carboxylic acids is 1. The zero-order valence-corrected chi connectivity index (χ0v) is 10.0. The summed E-state index contributed by atoms with van der Waals surface area (Å²) in [5, 5.41) is 2.47. The van der Waals surface area contributed by atoms with Gasteiger partial charge in [0.1, 0.15) is 12.7 Å². The van der Waals surface area contributed by atoms with Crippen molar-refractivity contribution in [3.05, 3.63) is 29.8 Å². The average molecular weight is 261 g/mol. The molecule has 1 amide bonds. The number of amides is 1. The molecule has 0 saturated carbocycles. The Morgan fingerprint density at radius 3 is 2.39 bits per heavy atom. The highest BCUT2D eigenvalue weighted by Gasteiger charge is 2.29. The lowest BCUT2D eigenvalue weighted by Gasteiger charge is -2.14. The van der Waals surface area contributed by atoms with Crippen LogP contribution in [0.5, 0.6) is 0 Å². The maximum absolute atomic E-state index is 11.9. The van der Waals surface area contributed by atoms with E-state index in [1.165, 1.54) is 6.92 Å². The molecular formula is C12H14F3NO2. The molecule has 1 rings (SSSR count). The molecule has 3 nitrogen and oxygen atoms in total. The van der Waals surface area contributed by atoms with Gasteiger partial charge in [0.15, 0.2) is 0 Å². The Labute approximate surface area is 103 Å². The summed E-state index contributed by atoms with van der Waals surface area (Å²) in [6.07, 6.45) is -5.59. The van der Waals surface area contributed by atoms with Crippen LogP contribution in [0.4, 0.5) is 18.9 Å². The molecule has 0 heterocycles. The molecule has 0 spiro atoms. The molecule has 0 aliphatic heterocycles. The van der Waals surface area contributed by atoms with Crippen LogP contribution < -0.4 is 5.32 Å². The number of halogens is 3. The average Bonchev–Trinajstić information content (AvgIpc) is 2.28. The van der Waals surface area contributed by atoms with E-state index in [-0.39, 0.29) is 0 Å². The Morgan fingerprint density at radius 2 is 1.89 bits per heavy atom. The molecule has 18 heavy (non-hydrogen) atoms. The molecule has 0 aromatic heterocycles. The first-order chi connectivity index (χ1) is 8.28. The maximum atomic E-state index is 11.9. The fourth-order valence-electron chi connectivity index (χ4n) is 1.18. The van der Waals surface area contributed by atoms with Gasteiger partial charge in [0, 0.05) is 5.69 Å². The smallest absolute Gasteiger partial charge is 0.359 e. The van der Waals surface area contributed by atoms with Gasteiger partial charge < -0.3 is 10.1 Å². The SMILES string of the molecule is Cc1ccc(NC(=O)C(C)OCC(F)(F)F)cc1. The van der Waals surface area contributed by atoms with Crippen molar-refractivity contribution in [2.75, 3.05) is 11.9 Å². The van der Waals surface area contributed by atoms with Crippen LogP contribution >= 0.6 is 0 Å². The zero-order chi connectivity index (χ0) is 13.8. The van der Waals surface area contributed by atoms with Gasteiger partial charge in [-0.1, -0.05) is 17.7 Å². The molecule has 0 radical (unpaired) electrons. The fraction of sp³-hybridized carbons (Fsp3) is 0.417. The number of ether oxygens (including phenoxy) is 1. The number of alkyl halides is 3. The summed E-state index contributed by atoms with van der Waals surface area (Å²) in [6, 6.07) is 6.92. The summed E-state index contributed by atoms with van der Waals surface area (Å²) in [5.41, 5.74) is 1.54. The Hall–Kier alpha value is -1.56. The standard InChI is InChI=1S/C12H14F3NO2/c1-8-3-5-10(6-4-8)16-11(17)9(2)18-7-12(13,14)15/h3-6,9H,7H2,1-2H3,(H,16,17). The van der Waals surface area contributed by atoms with Crippen molar-refractivity contribution in [3.63, 3.8) is 0 Å². The Morgan fingerprint density at radius 1 is 1.33 bits per heavy atom. The molecule has 6 heteroatoms. The van der Waals surface area contributed by atoms with Gasteiger partial charge in [0.25, 0.3) is 5.91 Å². The summed E-state index contributed by atoms with van der Waals surface area (Å²) in [4.78, 5) is 11.5. The van der Waals surface area contributed by atoms with Crippen molar-refractivity contribution in [1.29, 1.82) is 0 Å². The molecule has 0 saturated heterocycles. The molecule has 0 aliphatic carbocycles. The van der Waals surface area contributed by atoms with Crippen molar-refractivity contribution in [3.8, 4) is 0 Å². The quantitative estimate of drug-likeness (QED) is 0.905. The summed E-state index contributed by atoms with van der Waals surface area (Å²) in [5.74, 6) is -0.608. The number of hydrogen-bond acceptors (Lipinski definition) is 2. The zero-order valence-electron chi connectivity index (χ0n) is 10.0. The van der Waals surface area contributed by atoms with E-state index in [0.29, 0.717) is 5.69 Å². The monoisotopic (exact) mass is 261 g/mol. The topological polar surface area (TPSA) is 38.3 Å². The van der Waals surface area contributed by atoms with Gasteiger partial charge in [0.2, 0.25) is 0 Å². The fourth-order valence-corrected chi connectivity index (χ4v) is 1.18. The first-order valence-corrected chi connectivity index (χ1v) is 5.34. The lowest BCUT2D eigenvalue weighted by atomic mass is 10.2. The number of benzene rings is 1. The van der Waals surface area contributed by atoms with Crippen molar-refractivity contribution in [2.45, 2.75) is 26.1 Å². The van der Waals surface area contributed by atoms with Crippen LogP contribution in [0.25, 0.3) is 0 Å². The predicted molar refractivity (Wildman–Crippen MR) is 61.3 cm³/mol. The molecule has 1 aromatic rings. The van der Waals surface area contributed by atoms with Crippen LogP contribution in [0.1, 0.15) is 12.5 Å². The van der Waals surface area contributed by atoms with Gasteiger partial charge >= 0.3 is 6.18 Å². The van der Waals surface area contributed by atoms with Gasteiger partial charge in [0.05, 0.1) is 0 Å². The molecule has 0 aliphatic rings. The minimum atomic E-state index is -4.43. The third-order valence-corrected chi connectivity index (χ3v) is 2.19. The lowest BCUT2D eigenvalue weighted by molar-refractivity contribution is -0.184. The number of hydrogen-bond donors (Lipinski definition) is 1. The van der Waals surface area contributed by atoms with E-state index in [4.69, 9.17) is 0 Å². The molecular weight excluding hydrogens is 247 g/mol. The highest BCUT2D eigenvalue weighted by molar-refractivity contribution is 5.93. The van der Waals surface area contributed by atoms with Crippen molar-refractivity contribution >= 4 is 11.6 Å². The lowest BCUT2D eigenvalue weighted by Crippen LogP contribution is -2.31. The second-order valence-corrected chi connectivity index (χ2v) is 3.92. The Bertz CT molecular complexity index is 401. The van der Waals surface area contributed by atoms with Crippen LogP contribution in [0.2, 0.25) is 0 Å². The number of aryl methyl sites for hydroxylation is 1. The second-order valence-electron chi connectivity index (χ2n) is 3.92. The summed E-state index contributed by atoms with van der Waals surface area (Å²) >= 11 is 0. The molecule has 0 fully saturated rings. The highest BCUT2D eigenvalue weighted by Crippen LogP contribution is 2.16. The van der Waals surface area contributed by atoms with Crippen LogP contribution in [-0.2, 0) is 9.53 Å². The van der Waals surface area contributed by atoms with Crippen LogP contribution in [0.3, 0.4) is 0 Å². The third kappa shape index (κ3) is 5.18. The Balaban J connectivity index is 2.47. The molecule has 1 atom stereocenters. The second kappa shape index (κ2) is 5.86. The van der Waals surface area contributed by atoms with Crippen molar-refractivity contribution < 1.29 is 22.7 Å². The van der Waals surface area contributed by atoms with Gasteiger partial charge in [-0.2, -0.15) is 13.2 Å². The van der Waals surface area contributed by atoms with E-state index in [1.807, 2.05) is 6.92 Å². The molecule has 100 valence electrons. The van der Waals surface area contributed by atoms with E-state index >= 15 is 0 Å². The summed E-state index contributed by atoms with van der Waals surface area (Å²) in [6.45, 7) is 1.73. The number of carbonyl (C=O) groups is 1. The number of rotatable bonds is 4. The van der Waals surface area contributed by atoms with Gasteiger partial charge in [-0.25, -0.2) is 0 Å². The summed E-state index contributed by atoms with van der Waals surface area (Å²) < 4.78 is 40.1. The molecule has 1 unspecified atom stereocenters.